The summed E-state index contributed by atoms with van der Waals surface area (Å²) in [6, 6.07) is 19.8. The molecule has 0 fully saturated rings. The summed E-state index contributed by atoms with van der Waals surface area (Å²) in [6.07, 6.45) is 1.22. The molecule has 0 aromatic heterocycles. The first-order valence-corrected chi connectivity index (χ1v) is 5.99. The molecule has 0 amide bonds. The Balaban J connectivity index is 2.09. The average Bonchev–Trinajstić information content (AvgIpc) is 2.66. The molecular weight excluding hydrogens is 192 g/mol. The monoisotopic (exact) mass is 208 g/mol. The van der Waals surface area contributed by atoms with Gasteiger partial charge in [-0.2, -0.15) is 0 Å². The van der Waals surface area contributed by atoms with Gasteiger partial charge in [0.15, 0.2) is 0 Å². The second-order valence-corrected chi connectivity index (χ2v) is 4.77. The Bertz CT molecular complexity index is 484. The van der Waals surface area contributed by atoms with Crippen molar-refractivity contribution in [1.29, 1.82) is 0 Å². The second kappa shape index (κ2) is 3.79. The molecule has 0 heterocycles. The van der Waals surface area contributed by atoms with E-state index in [0.29, 0.717) is 5.92 Å². The minimum absolute atomic E-state index is 0.595. The number of hydrogen-bond donors (Lipinski definition) is 0. The molecule has 1 aliphatic rings. The van der Waals surface area contributed by atoms with Crippen molar-refractivity contribution in [3.05, 3.63) is 71.3 Å². The van der Waals surface area contributed by atoms with Gasteiger partial charge in [0.05, 0.1) is 0 Å². The van der Waals surface area contributed by atoms with Crippen LogP contribution in [-0.2, 0) is 6.42 Å². The van der Waals surface area contributed by atoms with Crippen LogP contribution < -0.4 is 0 Å². The molecule has 0 heteroatoms. The van der Waals surface area contributed by atoms with E-state index in [0.717, 1.165) is 5.92 Å². The fourth-order valence-corrected chi connectivity index (χ4v) is 2.96. The summed E-state index contributed by atoms with van der Waals surface area (Å²) in [6.45, 7) is 2.36. The fraction of sp³-hybridized carbons (Fsp3) is 0.250. The Hall–Kier alpha value is -1.56. The van der Waals surface area contributed by atoms with Crippen molar-refractivity contribution in [2.75, 3.05) is 0 Å². The molecule has 16 heavy (non-hydrogen) atoms. The molecule has 1 aliphatic carbocycles. The lowest BCUT2D eigenvalue weighted by atomic mass is 9.87. The van der Waals surface area contributed by atoms with Crippen molar-refractivity contribution in [3.63, 3.8) is 0 Å². The molecule has 0 unspecified atom stereocenters. The zero-order valence-corrected chi connectivity index (χ0v) is 9.56. The molecule has 0 nitrogen and oxygen atoms in total. The van der Waals surface area contributed by atoms with Gasteiger partial charge in [0, 0.05) is 5.92 Å². The van der Waals surface area contributed by atoms with E-state index in [9.17, 15) is 0 Å². The van der Waals surface area contributed by atoms with Crippen molar-refractivity contribution >= 4 is 0 Å². The van der Waals surface area contributed by atoms with Crippen molar-refractivity contribution in [2.45, 2.75) is 19.3 Å². The van der Waals surface area contributed by atoms with E-state index in [1.807, 2.05) is 0 Å². The molecule has 2 atom stereocenters. The van der Waals surface area contributed by atoms with E-state index < -0.39 is 0 Å². The van der Waals surface area contributed by atoms with Gasteiger partial charge >= 0.3 is 0 Å². The summed E-state index contributed by atoms with van der Waals surface area (Å²) in [5.41, 5.74) is 4.52. The maximum Gasteiger partial charge on any atom is 0.0121 e. The predicted octanol–water partition coefficient (Wildman–Crippen LogP) is 4.01. The quantitative estimate of drug-likeness (QED) is 0.664. The van der Waals surface area contributed by atoms with Crippen LogP contribution in [0.3, 0.4) is 0 Å². The third kappa shape index (κ3) is 1.46. The van der Waals surface area contributed by atoms with E-state index in [-0.39, 0.29) is 0 Å². The third-order valence-electron chi connectivity index (χ3n) is 3.66. The smallest absolute Gasteiger partial charge is 0.0121 e. The van der Waals surface area contributed by atoms with Gasteiger partial charge in [-0.1, -0.05) is 61.5 Å². The first-order chi connectivity index (χ1) is 7.86. The molecule has 0 spiro atoms. The minimum atomic E-state index is 0.595. The highest BCUT2D eigenvalue weighted by Crippen LogP contribution is 2.41. The molecule has 0 N–H and O–H groups in total. The summed E-state index contributed by atoms with van der Waals surface area (Å²) in [4.78, 5) is 0. The maximum atomic E-state index is 2.36. The SMILES string of the molecule is C[C@H]1Cc2ccccc2[C@H]1c1ccccc1. The molecule has 3 rings (SSSR count). The van der Waals surface area contributed by atoms with Crippen molar-refractivity contribution in [2.24, 2.45) is 5.92 Å². The summed E-state index contributed by atoms with van der Waals surface area (Å²) < 4.78 is 0. The van der Waals surface area contributed by atoms with E-state index in [2.05, 4.69) is 61.5 Å². The molecule has 0 bridgehead atoms. The Morgan fingerprint density at radius 1 is 0.875 bits per heavy atom. The zero-order chi connectivity index (χ0) is 11.0. The molecule has 0 radical (unpaired) electrons. The van der Waals surface area contributed by atoms with Crippen LogP contribution in [0.25, 0.3) is 0 Å². The average molecular weight is 208 g/mol. The van der Waals surface area contributed by atoms with E-state index >= 15 is 0 Å². The van der Waals surface area contributed by atoms with Gasteiger partial charge in [-0.3, -0.25) is 0 Å². The third-order valence-corrected chi connectivity index (χ3v) is 3.66. The summed E-state index contributed by atoms with van der Waals surface area (Å²) >= 11 is 0. The van der Waals surface area contributed by atoms with Crippen molar-refractivity contribution in [1.82, 2.24) is 0 Å². The fourth-order valence-electron chi connectivity index (χ4n) is 2.96. The molecule has 0 aliphatic heterocycles. The maximum absolute atomic E-state index is 2.36. The minimum Gasteiger partial charge on any atom is -0.0622 e. The van der Waals surface area contributed by atoms with Crippen LogP contribution >= 0.6 is 0 Å². The van der Waals surface area contributed by atoms with Gasteiger partial charge in [-0.15, -0.1) is 0 Å². The Kier molecular flexibility index (Phi) is 2.28. The zero-order valence-electron chi connectivity index (χ0n) is 9.56. The van der Waals surface area contributed by atoms with Gasteiger partial charge in [-0.25, -0.2) is 0 Å². The first-order valence-electron chi connectivity index (χ1n) is 5.99. The lowest BCUT2D eigenvalue weighted by Gasteiger charge is -2.17. The molecule has 0 saturated carbocycles. The number of benzene rings is 2. The van der Waals surface area contributed by atoms with Gasteiger partial charge < -0.3 is 0 Å². The topological polar surface area (TPSA) is 0 Å². The number of rotatable bonds is 1. The van der Waals surface area contributed by atoms with Crippen molar-refractivity contribution < 1.29 is 0 Å². The lowest BCUT2D eigenvalue weighted by Crippen LogP contribution is -2.04. The van der Waals surface area contributed by atoms with Gasteiger partial charge in [0.2, 0.25) is 0 Å². The van der Waals surface area contributed by atoms with Crippen LogP contribution in [0.2, 0.25) is 0 Å². The lowest BCUT2D eigenvalue weighted by molar-refractivity contribution is 0.557. The van der Waals surface area contributed by atoms with E-state index in [1.54, 1.807) is 0 Å². The molecule has 80 valence electrons. The summed E-state index contributed by atoms with van der Waals surface area (Å²) in [5.74, 6) is 1.32. The highest BCUT2D eigenvalue weighted by molar-refractivity contribution is 5.43. The molecule has 2 aromatic carbocycles. The largest absolute Gasteiger partial charge is 0.0622 e. The van der Waals surface area contributed by atoms with Crippen LogP contribution in [-0.4, -0.2) is 0 Å². The van der Waals surface area contributed by atoms with Crippen LogP contribution in [0.5, 0.6) is 0 Å². The second-order valence-electron chi connectivity index (χ2n) is 4.77. The highest BCUT2D eigenvalue weighted by atomic mass is 14.3. The van der Waals surface area contributed by atoms with Gasteiger partial charge in [0.25, 0.3) is 0 Å². The summed E-state index contributed by atoms with van der Waals surface area (Å²) in [5, 5.41) is 0. The highest BCUT2D eigenvalue weighted by Gasteiger charge is 2.29. The Morgan fingerprint density at radius 2 is 1.56 bits per heavy atom. The van der Waals surface area contributed by atoms with Crippen LogP contribution in [0.1, 0.15) is 29.5 Å². The number of fused-ring (bicyclic) bond motifs is 1. The van der Waals surface area contributed by atoms with Gasteiger partial charge in [0.1, 0.15) is 0 Å². The predicted molar refractivity (Wildman–Crippen MR) is 67.6 cm³/mol. The molecule has 2 aromatic rings. The Labute approximate surface area is 96.9 Å². The van der Waals surface area contributed by atoms with Crippen molar-refractivity contribution in [3.8, 4) is 0 Å². The normalized spacial score (nSPS) is 23.1. The van der Waals surface area contributed by atoms with E-state index in [4.69, 9.17) is 0 Å². The summed E-state index contributed by atoms with van der Waals surface area (Å²) in [7, 11) is 0. The molecular formula is C16H16. The standard InChI is InChI=1S/C16H16/c1-12-11-14-9-5-6-10-15(14)16(12)13-7-3-2-4-8-13/h2-10,12,16H,11H2,1H3/t12-,16+/m0/s1. The van der Waals surface area contributed by atoms with Crippen LogP contribution in [0, 0.1) is 5.92 Å². The van der Waals surface area contributed by atoms with Crippen LogP contribution in [0.4, 0.5) is 0 Å². The van der Waals surface area contributed by atoms with E-state index in [1.165, 1.54) is 23.1 Å². The van der Waals surface area contributed by atoms with Crippen LogP contribution in [0.15, 0.2) is 54.6 Å². The first kappa shape index (κ1) is 9.65. The molecule has 0 saturated heterocycles. The number of hydrogen-bond acceptors (Lipinski definition) is 0. The van der Waals surface area contributed by atoms with Gasteiger partial charge in [-0.05, 0) is 29.0 Å². The Morgan fingerprint density at radius 3 is 2.38 bits per heavy atom.